The molecule has 1 rings (SSSR count). The molecule has 0 amide bonds. The van der Waals surface area contributed by atoms with E-state index < -0.39 is 10.0 Å². The first kappa shape index (κ1) is 15.6. The number of nitrogens with zero attached hydrogens (tertiary/aromatic N) is 1. The van der Waals surface area contributed by atoms with E-state index in [1.807, 2.05) is 27.8 Å². The van der Waals surface area contributed by atoms with Gasteiger partial charge in [-0.1, -0.05) is 13.8 Å². The van der Waals surface area contributed by atoms with Gasteiger partial charge in [-0.25, -0.2) is 8.42 Å². The van der Waals surface area contributed by atoms with Gasteiger partial charge >= 0.3 is 0 Å². The fraction of sp³-hybridized carbons (Fsp3) is 0.667. The average Bonchev–Trinajstić information content (AvgIpc) is 2.76. The minimum Gasteiger partial charge on any atom is -0.315 e. The molecule has 18 heavy (non-hydrogen) atoms. The van der Waals surface area contributed by atoms with Crippen molar-refractivity contribution < 1.29 is 8.42 Å². The molecule has 1 unspecified atom stereocenters. The molecule has 0 aliphatic heterocycles. The molecule has 0 radical (unpaired) electrons. The van der Waals surface area contributed by atoms with E-state index in [2.05, 4.69) is 5.32 Å². The van der Waals surface area contributed by atoms with Crippen molar-refractivity contribution in [1.82, 2.24) is 9.62 Å². The summed E-state index contributed by atoms with van der Waals surface area (Å²) in [7, 11) is 0.132. The third kappa shape index (κ3) is 3.32. The summed E-state index contributed by atoms with van der Waals surface area (Å²) in [6.45, 7) is 6.68. The molecule has 0 aliphatic rings. The Morgan fingerprint density at radius 3 is 2.50 bits per heavy atom. The highest BCUT2D eigenvalue weighted by atomic mass is 32.2. The highest BCUT2D eigenvalue weighted by Gasteiger charge is 2.27. The lowest BCUT2D eigenvalue weighted by molar-refractivity contribution is 0.316. The lowest BCUT2D eigenvalue weighted by atomic mass is 10.1. The first-order chi connectivity index (χ1) is 8.30. The van der Waals surface area contributed by atoms with E-state index in [-0.39, 0.29) is 6.04 Å². The van der Waals surface area contributed by atoms with Crippen LogP contribution in [0.4, 0.5) is 0 Å². The molecule has 6 heteroatoms. The van der Waals surface area contributed by atoms with E-state index >= 15 is 0 Å². The van der Waals surface area contributed by atoms with Crippen molar-refractivity contribution in [2.75, 3.05) is 14.1 Å². The van der Waals surface area contributed by atoms with Crippen LogP contribution in [0.5, 0.6) is 0 Å². The maximum atomic E-state index is 12.4. The van der Waals surface area contributed by atoms with Crippen LogP contribution in [0.15, 0.2) is 16.3 Å². The monoisotopic (exact) mass is 290 g/mol. The number of nitrogens with one attached hydrogen (secondary N) is 1. The van der Waals surface area contributed by atoms with E-state index in [9.17, 15) is 8.42 Å². The van der Waals surface area contributed by atoms with Crippen LogP contribution in [0, 0.1) is 5.92 Å². The molecule has 1 heterocycles. The van der Waals surface area contributed by atoms with Gasteiger partial charge in [-0.2, -0.15) is 4.31 Å². The summed E-state index contributed by atoms with van der Waals surface area (Å²) < 4.78 is 26.3. The molecule has 0 saturated carbocycles. The van der Waals surface area contributed by atoms with Crippen LogP contribution in [0.1, 0.15) is 25.6 Å². The van der Waals surface area contributed by atoms with Crippen molar-refractivity contribution in [2.24, 2.45) is 5.92 Å². The van der Waals surface area contributed by atoms with Crippen LogP contribution in [0.2, 0.25) is 0 Å². The fourth-order valence-corrected chi connectivity index (χ4v) is 4.34. The van der Waals surface area contributed by atoms with Gasteiger partial charge in [-0.3, -0.25) is 0 Å². The summed E-state index contributed by atoms with van der Waals surface area (Å²) in [5.41, 5.74) is 0. The second-order valence-corrected chi connectivity index (χ2v) is 7.78. The Balaban J connectivity index is 2.98. The molecule has 0 saturated heterocycles. The number of sulfonamides is 1. The lowest BCUT2D eigenvalue weighted by Gasteiger charge is -2.26. The summed E-state index contributed by atoms with van der Waals surface area (Å²) in [4.78, 5) is 1.43. The van der Waals surface area contributed by atoms with E-state index in [1.165, 1.54) is 15.6 Å². The average molecular weight is 290 g/mol. The molecular weight excluding hydrogens is 268 g/mol. The maximum absolute atomic E-state index is 12.4. The third-order valence-electron chi connectivity index (χ3n) is 3.20. The van der Waals surface area contributed by atoms with Crippen molar-refractivity contribution in [3.63, 3.8) is 0 Å². The quantitative estimate of drug-likeness (QED) is 0.873. The van der Waals surface area contributed by atoms with E-state index in [4.69, 9.17) is 0 Å². The minimum atomic E-state index is -3.36. The van der Waals surface area contributed by atoms with Gasteiger partial charge in [0.1, 0.15) is 0 Å². The molecule has 0 spiro atoms. The van der Waals surface area contributed by atoms with E-state index in [0.717, 1.165) is 4.88 Å². The predicted molar refractivity (Wildman–Crippen MR) is 76.3 cm³/mol. The molecule has 1 aromatic heterocycles. The Bertz CT molecular complexity index is 480. The van der Waals surface area contributed by atoms with Crippen LogP contribution in [-0.2, 0) is 16.6 Å². The molecule has 4 nitrogen and oxygen atoms in total. The molecule has 0 aliphatic carbocycles. The molecule has 104 valence electrons. The summed E-state index contributed by atoms with van der Waals surface area (Å²) in [5, 5.41) is 4.73. The van der Waals surface area contributed by atoms with Crippen LogP contribution in [0.25, 0.3) is 0 Å². The van der Waals surface area contributed by atoms with Crippen molar-refractivity contribution in [2.45, 2.75) is 38.3 Å². The minimum absolute atomic E-state index is 0.0114. The highest BCUT2D eigenvalue weighted by Crippen LogP contribution is 2.24. The van der Waals surface area contributed by atoms with Crippen molar-refractivity contribution in [1.29, 1.82) is 0 Å². The zero-order valence-corrected chi connectivity index (χ0v) is 13.2. The van der Waals surface area contributed by atoms with Gasteiger partial charge in [0.05, 0.1) is 4.90 Å². The molecule has 0 bridgehead atoms. The SMILES string of the molecule is CNCc1cc(S(=O)(=O)N(C)C(C)C(C)C)cs1. The zero-order valence-electron chi connectivity index (χ0n) is 11.6. The van der Waals surface area contributed by atoms with Crippen LogP contribution in [-0.4, -0.2) is 32.9 Å². The molecule has 1 atom stereocenters. The van der Waals surface area contributed by atoms with Gasteiger partial charge in [-0.15, -0.1) is 11.3 Å². The first-order valence-corrected chi connectivity index (χ1v) is 8.32. The van der Waals surface area contributed by atoms with E-state index in [1.54, 1.807) is 18.5 Å². The summed E-state index contributed by atoms with van der Waals surface area (Å²) in [5.74, 6) is 0.292. The maximum Gasteiger partial charge on any atom is 0.243 e. The smallest absolute Gasteiger partial charge is 0.243 e. The highest BCUT2D eigenvalue weighted by molar-refractivity contribution is 7.89. The number of hydrogen-bond acceptors (Lipinski definition) is 4. The normalized spacial score (nSPS) is 14.4. The Morgan fingerprint density at radius 1 is 1.39 bits per heavy atom. The molecule has 0 fully saturated rings. The largest absolute Gasteiger partial charge is 0.315 e. The second-order valence-electron chi connectivity index (χ2n) is 4.78. The van der Waals surface area contributed by atoms with Crippen LogP contribution >= 0.6 is 11.3 Å². The first-order valence-electron chi connectivity index (χ1n) is 6.00. The number of rotatable bonds is 6. The summed E-state index contributed by atoms with van der Waals surface area (Å²) in [6.07, 6.45) is 0. The summed E-state index contributed by atoms with van der Waals surface area (Å²) in [6, 6.07) is 1.74. The van der Waals surface area contributed by atoms with Gasteiger partial charge < -0.3 is 5.32 Å². The Hall–Kier alpha value is -0.430. The molecular formula is C12H22N2O2S2. The Labute approximate surface area is 114 Å². The van der Waals surface area contributed by atoms with Gasteiger partial charge in [0, 0.05) is 29.9 Å². The fourth-order valence-electron chi connectivity index (χ4n) is 1.57. The van der Waals surface area contributed by atoms with Crippen molar-refractivity contribution in [3.8, 4) is 0 Å². The number of hydrogen-bond donors (Lipinski definition) is 1. The topological polar surface area (TPSA) is 49.4 Å². The van der Waals surface area contributed by atoms with Crippen molar-refractivity contribution in [3.05, 3.63) is 16.3 Å². The van der Waals surface area contributed by atoms with Gasteiger partial charge in [-0.05, 0) is 26.0 Å². The Kier molecular flexibility index (Phi) is 5.33. The van der Waals surface area contributed by atoms with Crippen LogP contribution in [0.3, 0.4) is 0 Å². The van der Waals surface area contributed by atoms with Gasteiger partial charge in [0.2, 0.25) is 10.0 Å². The molecule has 0 aromatic carbocycles. The number of thiophene rings is 1. The lowest BCUT2D eigenvalue weighted by Crippen LogP contribution is -2.38. The molecule has 1 aromatic rings. The molecule has 1 N–H and O–H groups in total. The zero-order chi connectivity index (χ0) is 13.9. The van der Waals surface area contributed by atoms with Gasteiger partial charge in [0.15, 0.2) is 0 Å². The Morgan fingerprint density at radius 2 is 2.00 bits per heavy atom. The van der Waals surface area contributed by atoms with Crippen molar-refractivity contribution >= 4 is 21.4 Å². The van der Waals surface area contributed by atoms with Gasteiger partial charge in [0.25, 0.3) is 0 Å². The van der Waals surface area contributed by atoms with Crippen LogP contribution < -0.4 is 5.32 Å². The van der Waals surface area contributed by atoms with E-state index in [0.29, 0.717) is 17.4 Å². The second kappa shape index (κ2) is 6.14. The predicted octanol–water partition coefficient (Wildman–Crippen LogP) is 2.13. The third-order valence-corrected chi connectivity index (χ3v) is 6.20. The summed E-state index contributed by atoms with van der Waals surface area (Å²) >= 11 is 1.47. The standard InChI is InChI=1S/C12H22N2O2S2/c1-9(2)10(3)14(5)18(15,16)12-6-11(7-13-4)17-8-12/h6,8-10,13H,7H2,1-5H3.